The Hall–Kier alpha value is -2.66. The quantitative estimate of drug-likeness (QED) is 0.159. The molecule has 0 amide bonds. The van der Waals surface area contributed by atoms with E-state index in [9.17, 15) is 40.6 Å². The largest absolute Gasteiger partial charge is 0.508 e. The van der Waals surface area contributed by atoms with Gasteiger partial charge in [-0.05, 0) is 124 Å². The second-order valence-corrected chi connectivity index (χ2v) is 13.4. The standard InChI is InChI=1S/C31H40F5NO4S/c1-37(18-8-20-42(40,41)19-7-16-30(32,33)31(34,35)36)17-4-2-3-12-29-27(23-9-5-11-25(38)21-23)13-6-10-24-22-26(39)14-15-28(24)29/h5,9,11,14-15,21-22,38-39H,2-4,6-8,10,12-13,16-20H2,1H3. The highest BCUT2D eigenvalue weighted by Gasteiger charge is 2.56. The molecule has 0 aromatic heterocycles. The minimum atomic E-state index is -5.67. The minimum absolute atomic E-state index is 0.216. The molecule has 1 aliphatic rings. The maximum Gasteiger partial charge on any atom is 0.453 e. The topological polar surface area (TPSA) is 77.8 Å². The smallest absolute Gasteiger partial charge is 0.453 e. The first-order valence-electron chi connectivity index (χ1n) is 14.4. The van der Waals surface area contributed by atoms with Crippen molar-refractivity contribution in [2.75, 3.05) is 31.6 Å². The molecule has 1 aliphatic carbocycles. The average Bonchev–Trinajstić information content (AvgIpc) is 3.06. The summed E-state index contributed by atoms with van der Waals surface area (Å²) in [6.07, 6.45) is -1.44. The number of unbranched alkanes of at least 4 members (excludes halogenated alkanes) is 2. The zero-order chi connectivity index (χ0) is 31.0. The molecule has 2 N–H and O–H groups in total. The van der Waals surface area contributed by atoms with Gasteiger partial charge in [0.1, 0.15) is 21.3 Å². The molecule has 0 saturated heterocycles. The van der Waals surface area contributed by atoms with E-state index < -0.39 is 40.5 Å². The third kappa shape index (κ3) is 9.97. The van der Waals surface area contributed by atoms with Crippen molar-refractivity contribution in [3.05, 3.63) is 59.2 Å². The first kappa shape index (κ1) is 33.8. The van der Waals surface area contributed by atoms with Gasteiger partial charge in [0, 0.05) is 6.42 Å². The number of hydrogen-bond acceptors (Lipinski definition) is 5. The fourth-order valence-corrected chi connectivity index (χ4v) is 6.79. The normalized spacial score (nSPS) is 14.7. The van der Waals surface area contributed by atoms with Crippen LogP contribution >= 0.6 is 0 Å². The zero-order valence-corrected chi connectivity index (χ0v) is 24.7. The van der Waals surface area contributed by atoms with Crippen LogP contribution in [0.5, 0.6) is 11.5 Å². The molecule has 5 nitrogen and oxygen atoms in total. The molecule has 0 unspecified atom stereocenters. The van der Waals surface area contributed by atoms with E-state index in [1.807, 2.05) is 36.2 Å². The highest BCUT2D eigenvalue weighted by Crippen LogP contribution is 2.41. The molecule has 0 heterocycles. The molecule has 2 aromatic carbocycles. The van der Waals surface area contributed by atoms with Crippen LogP contribution < -0.4 is 0 Å². The summed E-state index contributed by atoms with van der Waals surface area (Å²) in [6, 6.07) is 12.8. The number of sulfone groups is 1. The molecule has 0 bridgehead atoms. The number of aryl methyl sites for hydroxylation is 1. The Kier molecular flexibility index (Phi) is 11.8. The molecular formula is C31H40F5NO4S. The maximum atomic E-state index is 13.0. The maximum absolute atomic E-state index is 13.0. The zero-order valence-electron chi connectivity index (χ0n) is 23.9. The number of phenolic OH excluding ortho intramolecular Hbond substituents is 2. The number of aromatic hydroxyl groups is 2. The van der Waals surface area contributed by atoms with E-state index in [4.69, 9.17) is 0 Å². The Labute approximate surface area is 245 Å². The predicted molar refractivity (Wildman–Crippen MR) is 155 cm³/mol. The highest BCUT2D eigenvalue weighted by molar-refractivity contribution is 7.91. The molecule has 42 heavy (non-hydrogen) atoms. The fourth-order valence-electron chi connectivity index (χ4n) is 5.43. The number of allylic oxidation sites excluding steroid dienone is 2. The Morgan fingerprint density at radius 1 is 0.833 bits per heavy atom. The van der Waals surface area contributed by atoms with E-state index in [-0.39, 0.29) is 23.7 Å². The number of fused-ring (bicyclic) bond motifs is 1. The van der Waals surface area contributed by atoms with Crippen LogP contribution in [-0.2, 0) is 16.3 Å². The minimum Gasteiger partial charge on any atom is -0.508 e. The van der Waals surface area contributed by atoms with E-state index in [0.717, 1.165) is 68.2 Å². The van der Waals surface area contributed by atoms with Crippen molar-refractivity contribution in [3.63, 3.8) is 0 Å². The van der Waals surface area contributed by atoms with Gasteiger partial charge >= 0.3 is 12.1 Å². The van der Waals surface area contributed by atoms with Crippen LogP contribution in [0.2, 0.25) is 0 Å². The van der Waals surface area contributed by atoms with E-state index in [2.05, 4.69) is 0 Å². The summed E-state index contributed by atoms with van der Waals surface area (Å²) in [4.78, 5) is 1.99. The van der Waals surface area contributed by atoms with Gasteiger partial charge in [0.2, 0.25) is 0 Å². The summed E-state index contributed by atoms with van der Waals surface area (Å²) in [6.45, 7) is 1.21. The Morgan fingerprint density at radius 2 is 1.52 bits per heavy atom. The van der Waals surface area contributed by atoms with Crippen LogP contribution in [0.1, 0.15) is 74.5 Å². The number of hydrogen-bond donors (Lipinski definition) is 2. The summed E-state index contributed by atoms with van der Waals surface area (Å²) in [7, 11) is -1.84. The number of nitrogens with zero attached hydrogens (tertiary/aromatic N) is 1. The van der Waals surface area contributed by atoms with Crippen LogP contribution in [0.4, 0.5) is 22.0 Å². The van der Waals surface area contributed by atoms with Crippen LogP contribution in [0.3, 0.4) is 0 Å². The SMILES string of the molecule is CN(CCCCCC1=C(c2cccc(O)c2)CCCc2cc(O)ccc21)CCCS(=O)(=O)CCCC(F)(F)C(F)(F)F. The average molecular weight is 618 g/mol. The molecule has 0 atom stereocenters. The summed E-state index contributed by atoms with van der Waals surface area (Å²) in [5.41, 5.74) is 5.66. The van der Waals surface area contributed by atoms with E-state index in [1.165, 1.54) is 11.1 Å². The van der Waals surface area contributed by atoms with Crippen molar-refractivity contribution in [3.8, 4) is 11.5 Å². The van der Waals surface area contributed by atoms with E-state index in [0.29, 0.717) is 6.54 Å². The summed E-state index contributed by atoms with van der Waals surface area (Å²) < 4.78 is 87.0. The second kappa shape index (κ2) is 14.7. The Balaban J connectivity index is 1.47. The highest BCUT2D eigenvalue weighted by atomic mass is 32.2. The number of rotatable bonds is 15. The number of alkyl halides is 5. The number of benzene rings is 2. The van der Waals surface area contributed by atoms with Gasteiger partial charge in [0.05, 0.1) is 11.5 Å². The third-order valence-electron chi connectivity index (χ3n) is 7.67. The lowest BCUT2D eigenvalue weighted by molar-refractivity contribution is -0.284. The summed E-state index contributed by atoms with van der Waals surface area (Å²) in [5, 5.41) is 20.1. The van der Waals surface area contributed by atoms with Crippen LogP contribution in [0.15, 0.2) is 42.5 Å². The van der Waals surface area contributed by atoms with Gasteiger partial charge in [-0.25, -0.2) is 8.42 Å². The fraction of sp³-hybridized carbons (Fsp3) is 0.548. The molecule has 0 radical (unpaired) electrons. The molecule has 0 spiro atoms. The summed E-state index contributed by atoms with van der Waals surface area (Å²) in [5.74, 6) is -5.36. The Bertz CT molecular complexity index is 1320. The molecule has 3 rings (SSSR count). The van der Waals surface area contributed by atoms with Crippen molar-refractivity contribution >= 4 is 21.0 Å². The predicted octanol–water partition coefficient (Wildman–Crippen LogP) is 7.62. The van der Waals surface area contributed by atoms with Gasteiger partial charge < -0.3 is 15.1 Å². The van der Waals surface area contributed by atoms with E-state index >= 15 is 0 Å². The van der Waals surface area contributed by atoms with Gasteiger partial charge in [-0.2, -0.15) is 22.0 Å². The Morgan fingerprint density at radius 3 is 2.24 bits per heavy atom. The number of phenols is 2. The molecule has 11 heteroatoms. The molecule has 0 aliphatic heterocycles. The van der Waals surface area contributed by atoms with E-state index in [1.54, 1.807) is 18.2 Å². The van der Waals surface area contributed by atoms with Crippen LogP contribution in [0, 0.1) is 0 Å². The lowest BCUT2D eigenvalue weighted by atomic mass is 9.89. The molecule has 2 aromatic rings. The first-order valence-corrected chi connectivity index (χ1v) is 16.2. The second-order valence-electron chi connectivity index (χ2n) is 11.1. The van der Waals surface area contributed by atoms with Crippen molar-refractivity contribution in [1.29, 1.82) is 0 Å². The lowest BCUT2D eigenvalue weighted by Gasteiger charge is -2.19. The van der Waals surface area contributed by atoms with Crippen LogP contribution in [0.25, 0.3) is 11.1 Å². The molecule has 0 saturated carbocycles. The van der Waals surface area contributed by atoms with Gasteiger partial charge in [0.25, 0.3) is 0 Å². The monoisotopic (exact) mass is 617 g/mol. The van der Waals surface area contributed by atoms with Crippen molar-refractivity contribution in [1.82, 2.24) is 4.90 Å². The lowest BCUT2D eigenvalue weighted by Crippen LogP contribution is -2.36. The summed E-state index contributed by atoms with van der Waals surface area (Å²) >= 11 is 0. The first-order chi connectivity index (χ1) is 19.7. The molecular weight excluding hydrogens is 577 g/mol. The van der Waals surface area contributed by atoms with Gasteiger partial charge in [-0.3, -0.25) is 0 Å². The molecule has 234 valence electrons. The van der Waals surface area contributed by atoms with Gasteiger partial charge in [0.15, 0.2) is 0 Å². The third-order valence-corrected chi connectivity index (χ3v) is 9.49. The van der Waals surface area contributed by atoms with Crippen molar-refractivity contribution in [2.24, 2.45) is 0 Å². The van der Waals surface area contributed by atoms with Crippen molar-refractivity contribution < 1.29 is 40.6 Å². The van der Waals surface area contributed by atoms with Crippen LogP contribution in [-0.4, -0.2) is 67.3 Å². The van der Waals surface area contributed by atoms with Crippen molar-refractivity contribution in [2.45, 2.75) is 76.3 Å². The number of halogens is 5. The van der Waals surface area contributed by atoms with Gasteiger partial charge in [-0.15, -0.1) is 0 Å². The molecule has 0 fully saturated rings. The van der Waals surface area contributed by atoms with Gasteiger partial charge in [-0.1, -0.05) is 24.6 Å².